The van der Waals surface area contributed by atoms with Gasteiger partial charge in [0.15, 0.2) is 0 Å². The number of rotatable bonds is 1. The zero-order valence-electron chi connectivity index (χ0n) is 16.5. The Balaban J connectivity index is 1.58. The maximum absolute atomic E-state index is 5.08. The minimum atomic E-state index is -0.0233. The molecule has 0 spiro atoms. The average Bonchev–Trinajstić information content (AvgIpc) is 3.00. The average molecular weight is 372 g/mol. The van der Waals surface area contributed by atoms with Crippen LogP contribution in [0, 0.1) is 0 Å². The van der Waals surface area contributed by atoms with Crippen molar-refractivity contribution in [2.45, 2.75) is 19.3 Å². The first-order valence-corrected chi connectivity index (χ1v) is 10.0. The molecule has 1 aliphatic carbocycles. The summed E-state index contributed by atoms with van der Waals surface area (Å²) in [4.78, 5) is 10.1. The highest BCUT2D eigenvalue weighted by molar-refractivity contribution is 6.05. The summed E-state index contributed by atoms with van der Waals surface area (Å²) >= 11 is 0. The highest BCUT2D eigenvalue weighted by atomic mass is 14.8. The van der Waals surface area contributed by atoms with Crippen LogP contribution >= 0.6 is 0 Å². The Hall–Kier alpha value is -3.52. The molecular weight excluding hydrogens is 352 g/mol. The lowest BCUT2D eigenvalue weighted by atomic mass is 9.83. The third-order valence-electron chi connectivity index (χ3n) is 6.27. The lowest BCUT2D eigenvalue weighted by molar-refractivity contribution is 0.659. The minimum absolute atomic E-state index is 0.0233. The van der Waals surface area contributed by atoms with E-state index in [9.17, 15) is 0 Å². The maximum atomic E-state index is 5.08. The van der Waals surface area contributed by atoms with E-state index >= 15 is 0 Å². The largest absolute Gasteiger partial charge is 0.246 e. The summed E-state index contributed by atoms with van der Waals surface area (Å²) in [6.07, 6.45) is 0. The third-order valence-corrected chi connectivity index (χ3v) is 6.27. The molecule has 0 radical (unpaired) electrons. The van der Waals surface area contributed by atoms with Crippen molar-refractivity contribution in [3.05, 3.63) is 96.1 Å². The monoisotopic (exact) mass is 372 g/mol. The van der Waals surface area contributed by atoms with E-state index in [1.165, 1.54) is 27.5 Å². The normalized spacial score (nSPS) is 14.1. The molecule has 6 rings (SSSR count). The molecule has 1 aliphatic rings. The van der Waals surface area contributed by atoms with E-state index in [4.69, 9.17) is 9.97 Å². The summed E-state index contributed by atoms with van der Waals surface area (Å²) in [7, 11) is 0. The van der Waals surface area contributed by atoms with Crippen LogP contribution in [0.3, 0.4) is 0 Å². The van der Waals surface area contributed by atoms with Crippen LogP contribution in [0.1, 0.15) is 25.0 Å². The van der Waals surface area contributed by atoms with Crippen molar-refractivity contribution in [2.75, 3.05) is 0 Å². The van der Waals surface area contributed by atoms with Crippen molar-refractivity contribution in [3.63, 3.8) is 0 Å². The second kappa shape index (κ2) is 5.74. The Morgan fingerprint density at radius 1 is 0.586 bits per heavy atom. The number of nitrogens with zero attached hydrogens (tertiary/aromatic N) is 2. The Morgan fingerprint density at radius 3 is 2.21 bits per heavy atom. The molecule has 2 nitrogen and oxygen atoms in total. The minimum Gasteiger partial charge on any atom is -0.246 e. The smallest absolute Gasteiger partial charge is 0.0894 e. The van der Waals surface area contributed by atoms with Crippen molar-refractivity contribution in [3.8, 4) is 22.6 Å². The fraction of sp³-hybridized carbons (Fsp3) is 0.111. The van der Waals surface area contributed by atoms with Crippen LogP contribution in [0.2, 0.25) is 0 Å². The number of fused-ring (bicyclic) bond motifs is 6. The Morgan fingerprint density at radius 2 is 1.28 bits per heavy atom. The molecule has 138 valence electrons. The predicted molar refractivity (Wildman–Crippen MR) is 120 cm³/mol. The first-order chi connectivity index (χ1) is 14.1. The molecule has 0 atom stereocenters. The van der Waals surface area contributed by atoms with Gasteiger partial charge in [-0.25, -0.2) is 9.97 Å². The number of pyridine rings is 2. The zero-order chi connectivity index (χ0) is 19.6. The molecule has 2 heteroatoms. The second-order valence-corrected chi connectivity index (χ2v) is 8.32. The molecular formula is C27H20N2. The van der Waals surface area contributed by atoms with Crippen molar-refractivity contribution < 1.29 is 0 Å². The lowest BCUT2D eigenvalue weighted by Gasteiger charge is -2.20. The Kier molecular flexibility index (Phi) is 3.25. The number of hydrogen-bond acceptors (Lipinski definition) is 2. The number of hydrogen-bond donors (Lipinski definition) is 0. The zero-order valence-corrected chi connectivity index (χ0v) is 16.5. The van der Waals surface area contributed by atoms with Crippen LogP contribution < -0.4 is 0 Å². The molecule has 0 saturated heterocycles. The molecule has 5 aromatic rings. The number of benzene rings is 3. The summed E-state index contributed by atoms with van der Waals surface area (Å²) in [5.74, 6) is 0. The van der Waals surface area contributed by atoms with E-state index in [1.807, 2.05) is 0 Å². The second-order valence-electron chi connectivity index (χ2n) is 8.32. The maximum Gasteiger partial charge on any atom is 0.0894 e. The van der Waals surface area contributed by atoms with Gasteiger partial charge in [0.2, 0.25) is 0 Å². The van der Waals surface area contributed by atoms with Gasteiger partial charge in [0.25, 0.3) is 0 Å². The highest BCUT2D eigenvalue weighted by Crippen LogP contribution is 2.48. The molecule has 3 aromatic carbocycles. The molecule has 0 saturated carbocycles. The first kappa shape index (κ1) is 16.4. The van der Waals surface area contributed by atoms with Crippen LogP contribution in [0.25, 0.3) is 44.3 Å². The van der Waals surface area contributed by atoms with E-state index in [1.54, 1.807) is 0 Å². The van der Waals surface area contributed by atoms with E-state index < -0.39 is 0 Å². The lowest BCUT2D eigenvalue weighted by Crippen LogP contribution is -2.14. The Labute approximate surface area is 169 Å². The molecule has 0 N–H and O–H groups in total. The summed E-state index contributed by atoms with van der Waals surface area (Å²) < 4.78 is 0. The molecule has 0 aliphatic heterocycles. The van der Waals surface area contributed by atoms with E-state index in [0.717, 1.165) is 28.0 Å². The van der Waals surface area contributed by atoms with Crippen molar-refractivity contribution in [2.24, 2.45) is 0 Å². The SMILES string of the molecule is CC1(C)c2ccccc2-c2nc(-c3ccc4ccc5ccccc5c4n3)ccc21. The fourth-order valence-electron chi connectivity index (χ4n) is 4.69. The van der Waals surface area contributed by atoms with Crippen molar-refractivity contribution in [1.82, 2.24) is 9.97 Å². The third kappa shape index (κ3) is 2.29. The van der Waals surface area contributed by atoms with Crippen molar-refractivity contribution in [1.29, 1.82) is 0 Å². The van der Waals surface area contributed by atoms with Gasteiger partial charge in [-0.3, -0.25) is 0 Å². The quantitative estimate of drug-likeness (QED) is 0.304. The topological polar surface area (TPSA) is 25.8 Å². The van der Waals surface area contributed by atoms with Gasteiger partial charge in [-0.1, -0.05) is 86.6 Å². The van der Waals surface area contributed by atoms with Crippen LogP contribution in [-0.2, 0) is 5.41 Å². The van der Waals surface area contributed by atoms with Gasteiger partial charge in [-0.2, -0.15) is 0 Å². The summed E-state index contributed by atoms with van der Waals surface area (Å²) in [6, 6.07) is 29.9. The molecule has 2 aromatic heterocycles. The van der Waals surface area contributed by atoms with Crippen LogP contribution in [0.15, 0.2) is 84.9 Å². The fourth-order valence-corrected chi connectivity index (χ4v) is 4.69. The summed E-state index contributed by atoms with van der Waals surface area (Å²) in [6.45, 7) is 4.55. The van der Waals surface area contributed by atoms with Crippen LogP contribution in [0.4, 0.5) is 0 Å². The number of aromatic nitrogens is 2. The molecule has 2 heterocycles. The van der Waals surface area contributed by atoms with Crippen molar-refractivity contribution >= 4 is 21.7 Å². The van der Waals surface area contributed by atoms with E-state index in [2.05, 4.69) is 98.8 Å². The van der Waals surface area contributed by atoms with Gasteiger partial charge >= 0.3 is 0 Å². The van der Waals surface area contributed by atoms with Gasteiger partial charge < -0.3 is 0 Å². The van der Waals surface area contributed by atoms with E-state index in [-0.39, 0.29) is 5.41 Å². The van der Waals surface area contributed by atoms with Gasteiger partial charge in [-0.15, -0.1) is 0 Å². The first-order valence-electron chi connectivity index (χ1n) is 10.0. The molecule has 0 fully saturated rings. The van der Waals surface area contributed by atoms with Gasteiger partial charge in [0.1, 0.15) is 0 Å². The van der Waals surface area contributed by atoms with E-state index in [0.29, 0.717) is 0 Å². The predicted octanol–water partition coefficient (Wildman–Crippen LogP) is 6.76. The standard InChI is InChI=1S/C27H20N2/c1-27(2)21-10-6-5-9-20(21)26-22(27)14-16-24(29-26)23-15-13-18-12-11-17-7-3-4-8-19(17)25(18)28-23/h3-16H,1-2H3. The van der Waals surface area contributed by atoms with Gasteiger partial charge in [0, 0.05) is 21.8 Å². The van der Waals surface area contributed by atoms with Crippen LogP contribution in [-0.4, -0.2) is 9.97 Å². The molecule has 0 bridgehead atoms. The Bertz CT molecular complexity index is 1430. The van der Waals surface area contributed by atoms with Gasteiger partial charge in [0.05, 0.1) is 22.6 Å². The summed E-state index contributed by atoms with van der Waals surface area (Å²) in [5, 5.41) is 3.54. The summed E-state index contributed by atoms with van der Waals surface area (Å²) in [5.41, 5.74) is 7.80. The molecule has 0 amide bonds. The van der Waals surface area contributed by atoms with Gasteiger partial charge in [-0.05, 0) is 28.6 Å². The molecule has 0 unspecified atom stereocenters. The molecule has 29 heavy (non-hydrogen) atoms. The van der Waals surface area contributed by atoms with Crippen LogP contribution in [0.5, 0.6) is 0 Å². The highest BCUT2D eigenvalue weighted by Gasteiger charge is 2.36.